The van der Waals surface area contributed by atoms with Gasteiger partial charge in [0.2, 0.25) is 0 Å². The number of ether oxygens (including phenoxy) is 2. The second-order valence-corrected chi connectivity index (χ2v) is 5.41. The lowest BCUT2D eigenvalue weighted by atomic mass is 9.87. The quantitative estimate of drug-likeness (QED) is 0.483. The summed E-state index contributed by atoms with van der Waals surface area (Å²) in [5, 5.41) is 0. The molecule has 0 saturated heterocycles. The lowest BCUT2D eigenvalue weighted by molar-refractivity contribution is -0.147. The third-order valence-electron chi connectivity index (χ3n) is 3.70. The number of benzene rings is 1. The zero-order valence-corrected chi connectivity index (χ0v) is 12.8. The summed E-state index contributed by atoms with van der Waals surface area (Å²) in [4.78, 5) is 23.4. The Kier molecular flexibility index (Phi) is 5.84. The minimum atomic E-state index is -1.06. The van der Waals surface area contributed by atoms with Crippen LogP contribution in [-0.2, 0) is 14.3 Å². The van der Waals surface area contributed by atoms with Gasteiger partial charge in [0.05, 0.1) is 5.92 Å². The first-order valence-electron chi connectivity index (χ1n) is 7.49. The van der Waals surface area contributed by atoms with E-state index in [2.05, 4.69) is 0 Å². The highest BCUT2D eigenvalue weighted by atomic mass is 19.2. The summed E-state index contributed by atoms with van der Waals surface area (Å²) in [5.41, 5.74) is 0. The van der Waals surface area contributed by atoms with Crippen molar-refractivity contribution < 1.29 is 27.8 Å². The lowest BCUT2D eigenvalue weighted by Crippen LogP contribution is -2.29. The number of carbonyl (C=O) groups is 2. The van der Waals surface area contributed by atoms with E-state index in [1.165, 1.54) is 12.1 Å². The predicted molar refractivity (Wildman–Crippen MR) is 78.6 cm³/mol. The van der Waals surface area contributed by atoms with Crippen LogP contribution in [0.15, 0.2) is 30.4 Å². The minimum absolute atomic E-state index is 0.0180. The highest BCUT2D eigenvalue weighted by Crippen LogP contribution is 2.28. The zero-order chi connectivity index (χ0) is 16.8. The first-order chi connectivity index (χ1) is 11.0. The lowest BCUT2D eigenvalue weighted by Gasteiger charge is -2.26. The number of carbonyl (C=O) groups excluding carboxylic acids is 2. The Labute approximate surface area is 133 Å². The third-order valence-corrected chi connectivity index (χ3v) is 3.70. The third kappa shape index (κ3) is 4.87. The van der Waals surface area contributed by atoms with Gasteiger partial charge in [-0.1, -0.05) is 6.08 Å². The van der Waals surface area contributed by atoms with Crippen molar-refractivity contribution in [3.05, 3.63) is 42.0 Å². The van der Waals surface area contributed by atoms with Gasteiger partial charge in [-0.2, -0.15) is 0 Å². The van der Waals surface area contributed by atoms with Crippen LogP contribution in [0.25, 0.3) is 0 Å². The van der Waals surface area contributed by atoms with E-state index >= 15 is 0 Å². The van der Waals surface area contributed by atoms with Crippen molar-refractivity contribution in [3.8, 4) is 5.75 Å². The summed E-state index contributed by atoms with van der Waals surface area (Å²) in [6.07, 6.45) is 4.94. The molecule has 0 aromatic heterocycles. The van der Waals surface area contributed by atoms with Gasteiger partial charge in [0.15, 0.2) is 11.6 Å². The Morgan fingerprint density at radius 1 is 1.13 bits per heavy atom. The largest absolute Gasteiger partial charge is 0.459 e. The molecule has 0 radical (unpaired) electrons. The van der Waals surface area contributed by atoms with E-state index in [1.807, 2.05) is 0 Å². The van der Waals surface area contributed by atoms with Crippen LogP contribution in [0, 0.1) is 17.6 Å². The second-order valence-electron chi connectivity index (χ2n) is 5.41. The Hall–Kier alpha value is -2.24. The van der Waals surface area contributed by atoms with Crippen LogP contribution in [0.3, 0.4) is 0 Å². The van der Waals surface area contributed by atoms with Crippen LogP contribution in [0.1, 0.15) is 32.6 Å². The molecule has 1 aromatic rings. The first kappa shape index (κ1) is 17.1. The molecule has 1 aliphatic rings. The Balaban J connectivity index is 1.83. The van der Waals surface area contributed by atoms with Gasteiger partial charge in [0.25, 0.3) is 0 Å². The number of rotatable bonds is 4. The first-order valence-corrected chi connectivity index (χ1v) is 7.49. The smallest absolute Gasteiger partial charge is 0.330 e. The SMILES string of the molecule is CC=CC(=O)O[C@H]1CC[C@H](C(=O)Oc2ccc(F)c(F)c2)CC1. The molecule has 0 bridgehead atoms. The van der Waals surface area contributed by atoms with Gasteiger partial charge in [-0.15, -0.1) is 0 Å². The Bertz CT molecular complexity index is 605. The molecule has 4 nitrogen and oxygen atoms in total. The van der Waals surface area contributed by atoms with Crippen LogP contribution in [0.5, 0.6) is 5.75 Å². The standard InChI is InChI=1S/C17H18F2O4/c1-2-3-16(20)22-12-6-4-11(5-7-12)17(21)23-13-8-9-14(18)15(19)10-13/h2-3,8-12H,4-7H2,1H3/t11-,12-. The molecule has 1 aliphatic carbocycles. The zero-order valence-electron chi connectivity index (χ0n) is 12.8. The molecule has 0 aliphatic heterocycles. The van der Waals surface area contributed by atoms with Crippen LogP contribution in [-0.4, -0.2) is 18.0 Å². The number of hydrogen-bond acceptors (Lipinski definition) is 4. The highest BCUT2D eigenvalue weighted by molar-refractivity contribution is 5.82. The van der Waals surface area contributed by atoms with Crippen LogP contribution < -0.4 is 4.74 Å². The van der Waals surface area contributed by atoms with Gasteiger partial charge in [-0.25, -0.2) is 13.6 Å². The summed E-state index contributed by atoms with van der Waals surface area (Å²) in [5.74, 6) is -3.27. The molecule has 0 heterocycles. The molecule has 1 fully saturated rings. The van der Waals surface area contributed by atoms with Crippen molar-refractivity contribution in [2.24, 2.45) is 5.92 Å². The van der Waals surface area contributed by atoms with E-state index in [4.69, 9.17) is 9.47 Å². The molecule has 23 heavy (non-hydrogen) atoms. The van der Waals surface area contributed by atoms with Gasteiger partial charge in [0.1, 0.15) is 11.9 Å². The molecule has 6 heteroatoms. The number of allylic oxidation sites excluding steroid dienone is 1. The van der Waals surface area contributed by atoms with Gasteiger partial charge >= 0.3 is 11.9 Å². The summed E-state index contributed by atoms with van der Waals surface area (Å²) in [7, 11) is 0. The summed E-state index contributed by atoms with van der Waals surface area (Å²) >= 11 is 0. The molecule has 2 rings (SSSR count). The van der Waals surface area contributed by atoms with Gasteiger partial charge < -0.3 is 9.47 Å². The average Bonchev–Trinajstić information content (AvgIpc) is 2.52. The second kappa shape index (κ2) is 7.85. The van der Waals surface area contributed by atoms with E-state index in [9.17, 15) is 18.4 Å². The van der Waals surface area contributed by atoms with Crippen LogP contribution >= 0.6 is 0 Å². The normalized spacial score (nSPS) is 21.2. The molecular formula is C17H18F2O4. The van der Waals surface area contributed by atoms with E-state index in [1.54, 1.807) is 13.0 Å². The van der Waals surface area contributed by atoms with Crippen LogP contribution in [0.4, 0.5) is 8.78 Å². The van der Waals surface area contributed by atoms with Gasteiger partial charge in [-0.05, 0) is 44.7 Å². The number of esters is 2. The number of halogens is 2. The van der Waals surface area contributed by atoms with E-state index in [-0.39, 0.29) is 23.7 Å². The fourth-order valence-electron chi connectivity index (χ4n) is 2.50. The molecule has 0 unspecified atom stereocenters. The van der Waals surface area contributed by atoms with Crippen molar-refractivity contribution in [1.82, 2.24) is 0 Å². The molecule has 1 saturated carbocycles. The fraction of sp³-hybridized carbons (Fsp3) is 0.412. The van der Waals surface area contributed by atoms with Crippen molar-refractivity contribution in [3.63, 3.8) is 0 Å². The maximum absolute atomic E-state index is 13.1. The number of hydrogen-bond donors (Lipinski definition) is 0. The van der Waals surface area contributed by atoms with E-state index in [0.29, 0.717) is 25.7 Å². The van der Waals surface area contributed by atoms with Crippen molar-refractivity contribution in [2.75, 3.05) is 0 Å². The molecule has 0 spiro atoms. The predicted octanol–water partition coefficient (Wildman–Crippen LogP) is 3.55. The molecular weight excluding hydrogens is 306 g/mol. The van der Waals surface area contributed by atoms with Crippen molar-refractivity contribution in [2.45, 2.75) is 38.7 Å². The molecule has 0 amide bonds. The monoisotopic (exact) mass is 324 g/mol. The maximum atomic E-state index is 13.1. The molecule has 0 atom stereocenters. The summed E-state index contributed by atoms with van der Waals surface area (Å²) < 4.78 is 36.2. The van der Waals surface area contributed by atoms with E-state index in [0.717, 1.165) is 12.1 Å². The van der Waals surface area contributed by atoms with E-state index < -0.39 is 17.6 Å². The summed E-state index contributed by atoms with van der Waals surface area (Å²) in [6.45, 7) is 1.73. The topological polar surface area (TPSA) is 52.6 Å². The Morgan fingerprint density at radius 3 is 2.43 bits per heavy atom. The van der Waals surface area contributed by atoms with Crippen molar-refractivity contribution in [1.29, 1.82) is 0 Å². The Morgan fingerprint density at radius 2 is 1.83 bits per heavy atom. The summed E-state index contributed by atoms with van der Waals surface area (Å²) in [6, 6.07) is 2.97. The molecule has 1 aromatic carbocycles. The minimum Gasteiger partial charge on any atom is -0.459 e. The fourth-order valence-corrected chi connectivity index (χ4v) is 2.50. The van der Waals surface area contributed by atoms with Crippen LogP contribution in [0.2, 0.25) is 0 Å². The van der Waals surface area contributed by atoms with Gasteiger partial charge in [-0.3, -0.25) is 4.79 Å². The molecule has 0 N–H and O–H groups in total. The van der Waals surface area contributed by atoms with Crippen molar-refractivity contribution >= 4 is 11.9 Å². The molecule has 124 valence electrons. The maximum Gasteiger partial charge on any atom is 0.330 e. The van der Waals surface area contributed by atoms with Gasteiger partial charge in [0, 0.05) is 12.1 Å². The highest BCUT2D eigenvalue weighted by Gasteiger charge is 2.29. The average molecular weight is 324 g/mol.